The number of amides is 2. The molecule has 2 bridgehead atoms. The number of anilines is 1. The molecule has 4 heteroatoms. The molecule has 1 aromatic rings. The monoisotopic (exact) mass is 328 g/mol. The molecule has 3 unspecified atom stereocenters. The van der Waals surface area contributed by atoms with Crippen molar-refractivity contribution >= 4 is 17.5 Å². The van der Waals surface area contributed by atoms with Crippen molar-refractivity contribution in [2.75, 3.05) is 18.4 Å². The van der Waals surface area contributed by atoms with E-state index in [2.05, 4.69) is 5.32 Å². The molecule has 3 rings (SSSR count). The summed E-state index contributed by atoms with van der Waals surface area (Å²) in [6, 6.07) is 7.26. The molecule has 1 aromatic carbocycles. The van der Waals surface area contributed by atoms with Gasteiger partial charge >= 0.3 is 0 Å². The van der Waals surface area contributed by atoms with Gasteiger partial charge in [-0.15, -0.1) is 0 Å². The highest BCUT2D eigenvalue weighted by Gasteiger charge is 2.40. The van der Waals surface area contributed by atoms with Crippen LogP contribution in [0.1, 0.15) is 56.3 Å². The third kappa shape index (κ3) is 3.63. The van der Waals surface area contributed by atoms with E-state index in [1.54, 1.807) is 17.0 Å². The van der Waals surface area contributed by atoms with Crippen LogP contribution in [-0.4, -0.2) is 29.8 Å². The number of fused-ring (bicyclic) bond motifs is 2. The van der Waals surface area contributed by atoms with E-state index in [1.807, 2.05) is 26.0 Å². The summed E-state index contributed by atoms with van der Waals surface area (Å²) in [6.45, 7) is 5.37. The third-order valence-electron chi connectivity index (χ3n) is 5.80. The Morgan fingerprint density at radius 3 is 2.33 bits per heavy atom. The summed E-state index contributed by atoms with van der Waals surface area (Å²) in [4.78, 5) is 26.4. The van der Waals surface area contributed by atoms with Gasteiger partial charge in [-0.1, -0.05) is 6.42 Å². The van der Waals surface area contributed by atoms with Crippen molar-refractivity contribution in [1.82, 2.24) is 4.90 Å². The average Bonchev–Trinajstić information content (AvgIpc) is 3.19. The van der Waals surface area contributed by atoms with Gasteiger partial charge in [-0.2, -0.15) is 0 Å². The smallest absolute Gasteiger partial charge is 0.253 e. The second-order valence-electron chi connectivity index (χ2n) is 7.24. The summed E-state index contributed by atoms with van der Waals surface area (Å²) in [5, 5.41) is 2.99. The summed E-state index contributed by atoms with van der Waals surface area (Å²) in [5.41, 5.74) is 1.45. The van der Waals surface area contributed by atoms with Crippen LogP contribution < -0.4 is 5.32 Å². The highest BCUT2D eigenvalue weighted by molar-refractivity contribution is 5.95. The van der Waals surface area contributed by atoms with Crippen molar-refractivity contribution < 1.29 is 9.59 Å². The molecular weight excluding hydrogens is 300 g/mol. The molecule has 2 fully saturated rings. The summed E-state index contributed by atoms with van der Waals surface area (Å²) >= 11 is 0. The summed E-state index contributed by atoms with van der Waals surface area (Å²) in [5.74, 6) is 2.37. The molecule has 130 valence electrons. The fourth-order valence-corrected chi connectivity index (χ4v) is 4.47. The van der Waals surface area contributed by atoms with E-state index in [0.29, 0.717) is 31.0 Å². The van der Waals surface area contributed by atoms with Crippen LogP contribution in [0.5, 0.6) is 0 Å². The normalized spacial score (nSPS) is 24.8. The molecule has 24 heavy (non-hydrogen) atoms. The average molecular weight is 328 g/mol. The number of rotatable bonds is 6. The van der Waals surface area contributed by atoms with Crippen LogP contribution in [0.25, 0.3) is 0 Å². The molecule has 0 saturated heterocycles. The molecule has 2 amide bonds. The quantitative estimate of drug-likeness (QED) is 0.860. The van der Waals surface area contributed by atoms with Crippen LogP contribution in [0.4, 0.5) is 5.69 Å². The Labute approximate surface area is 144 Å². The molecular formula is C20H28N2O2. The van der Waals surface area contributed by atoms with Gasteiger partial charge in [0.05, 0.1) is 0 Å². The first-order valence-corrected chi connectivity index (χ1v) is 9.29. The van der Waals surface area contributed by atoms with E-state index >= 15 is 0 Å². The van der Waals surface area contributed by atoms with E-state index in [1.165, 1.54) is 25.7 Å². The Kier molecular flexibility index (Phi) is 5.22. The number of carbonyl (C=O) groups is 2. The van der Waals surface area contributed by atoms with Crippen molar-refractivity contribution in [3.63, 3.8) is 0 Å². The number of nitrogens with one attached hydrogen (secondary N) is 1. The van der Waals surface area contributed by atoms with Gasteiger partial charge in [-0.3, -0.25) is 9.59 Å². The van der Waals surface area contributed by atoms with Gasteiger partial charge in [-0.05, 0) is 75.1 Å². The number of benzene rings is 1. The molecule has 0 aromatic heterocycles. The van der Waals surface area contributed by atoms with Gasteiger partial charge in [0.25, 0.3) is 5.91 Å². The predicted molar refractivity (Wildman–Crippen MR) is 95.9 cm³/mol. The lowest BCUT2D eigenvalue weighted by Gasteiger charge is -2.21. The lowest BCUT2D eigenvalue weighted by atomic mass is 9.86. The first-order valence-electron chi connectivity index (χ1n) is 9.29. The largest absolute Gasteiger partial charge is 0.339 e. The van der Waals surface area contributed by atoms with E-state index in [-0.39, 0.29) is 11.8 Å². The zero-order chi connectivity index (χ0) is 17.1. The van der Waals surface area contributed by atoms with Gasteiger partial charge < -0.3 is 10.2 Å². The molecule has 2 saturated carbocycles. The second kappa shape index (κ2) is 7.37. The Morgan fingerprint density at radius 2 is 1.79 bits per heavy atom. The number of hydrogen-bond donors (Lipinski definition) is 1. The van der Waals surface area contributed by atoms with Crippen molar-refractivity contribution in [2.24, 2.45) is 17.8 Å². The molecule has 0 spiro atoms. The highest BCUT2D eigenvalue weighted by atomic mass is 16.2. The van der Waals surface area contributed by atoms with Gasteiger partial charge in [0.2, 0.25) is 5.91 Å². The Balaban J connectivity index is 1.54. The molecule has 3 atom stereocenters. The Bertz CT molecular complexity index is 592. The van der Waals surface area contributed by atoms with Crippen LogP contribution in [0, 0.1) is 17.8 Å². The molecule has 0 heterocycles. The van der Waals surface area contributed by atoms with Crippen molar-refractivity contribution in [1.29, 1.82) is 0 Å². The van der Waals surface area contributed by atoms with Crippen LogP contribution in [0.3, 0.4) is 0 Å². The second-order valence-corrected chi connectivity index (χ2v) is 7.24. The number of hydrogen-bond acceptors (Lipinski definition) is 2. The van der Waals surface area contributed by atoms with Crippen molar-refractivity contribution in [3.05, 3.63) is 29.8 Å². The minimum atomic E-state index is 0.0415. The maximum atomic E-state index is 12.3. The third-order valence-corrected chi connectivity index (χ3v) is 5.80. The van der Waals surface area contributed by atoms with Crippen LogP contribution in [0.15, 0.2) is 24.3 Å². The first-order chi connectivity index (χ1) is 11.6. The fraction of sp³-hybridized carbons (Fsp3) is 0.600. The molecule has 2 aliphatic rings. The lowest BCUT2D eigenvalue weighted by Crippen LogP contribution is -2.30. The zero-order valence-electron chi connectivity index (χ0n) is 14.8. The van der Waals surface area contributed by atoms with Gasteiger partial charge in [0.15, 0.2) is 0 Å². The predicted octanol–water partition coefficient (Wildman–Crippen LogP) is 3.93. The first kappa shape index (κ1) is 17.0. The van der Waals surface area contributed by atoms with E-state index < -0.39 is 0 Å². The molecule has 2 aliphatic carbocycles. The fourth-order valence-electron chi connectivity index (χ4n) is 4.47. The van der Waals surface area contributed by atoms with E-state index in [4.69, 9.17) is 0 Å². The van der Waals surface area contributed by atoms with Gasteiger partial charge in [0, 0.05) is 30.8 Å². The Morgan fingerprint density at radius 1 is 1.08 bits per heavy atom. The van der Waals surface area contributed by atoms with Crippen LogP contribution in [0.2, 0.25) is 0 Å². The van der Waals surface area contributed by atoms with Crippen LogP contribution >= 0.6 is 0 Å². The topological polar surface area (TPSA) is 49.4 Å². The van der Waals surface area contributed by atoms with Gasteiger partial charge in [-0.25, -0.2) is 0 Å². The molecule has 0 radical (unpaired) electrons. The number of carbonyl (C=O) groups excluding carboxylic acids is 2. The Hall–Kier alpha value is -1.84. The number of nitrogens with zero attached hydrogens (tertiary/aromatic N) is 1. The van der Waals surface area contributed by atoms with Gasteiger partial charge in [0.1, 0.15) is 0 Å². The summed E-state index contributed by atoms with van der Waals surface area (Å²) in [6.07, 6.45) is 5.88. The summed E-state index contributed by atoms with van der Waals surface area (Å²) in [7, 11) is 0. The molecule has 0 aliphatic heterocycles. The minimum absolute atomic E-state index is 0.0415. The van der Waals surface area contributed by atoms with E-state index in [0.717, 1.165) is 17.5 Å². The summed E-state index contributed by atoms with van der Waals surface area (Å²) < 4.78 is 0. The highest BCUT2D eigenvalue weighted by Crippen LogP contribution is 2.49. The standard InChI is InChI=1S/C20H28N2O2/c1-3-22(4-2)20(24)15-7-9-18(10-8-15)21-19(23)13-17-12-14-5-6-16(17)11-14/h7-10,14,16-17H,3-6,11-13H2,1-2H3,(H,21,23). The zero-order valence-corrected chi connectivity index (χ0v) is 14.8. The molecule has 4 nitrogen and oxygen atoms in total. The maximum Gasteiger partial charge on any atom is 0.253 e. The maximum absolute atomic E-state index is 12.3. The minimum Gasteiger partial charge on any atom is -0.339 e. The van der Waals surface area contributed by atoms with Crippen molar-refractivity contribution in [2.45, 2.75) is 46.0 Å². The van der Waals surface area contributed by atoms with E-state index in [9.17, 15) is 9.59 Å². The SMILES string of the molecule is CCN(CC)C(=O)c1ccc(NC(=O)CC2CC3CCC2C3)cc1. The molecule has 1 N–H and O–H groups in total. The van der Waals surface area contributed by atoms with Crippen LogP contribution in [-0.2, 0) is 4.79 Å². The lowest BCUT2D eigenvalue weighted by molar-refractivity contribution is -0.117. The van der Waals surface area contributed by atoms with Crippen molar-refractivity contribution in [3.8, 4) is 0 Å².